The highest BCUT2D eigenvalue weighted by atomic mass is 35.5. The van der Waals surface area contributed by atoms with Crippen molar-refractivity contribution < 1.29 is 22.6 Å². The molecule has 24 heavy (non-hydrogen) atoms. The zero-order chi connectivity index (χ0) is 17.7. The lowest BCUT2D eigenvalue weighted by molar-refractivity contribution is 0.333. The van der Waals surface area contributed by atoms with E-state index in [1.165, 1.54) is 36.4 Å². The summed E-state index contributed by atoms with van der Waals surface area (Å²) in [6.45, 7) is 7.05. The second kappa shape index (κ2) is 7.93. The normalized spacial score (nSPS) is 10.3. The van der Waals surface area contributed by atoms with E-state index < -0.39 is 17.5 Å². The molecule has 2 rings (SSSR count). The molecule has 0 aliphatic rings. The maximum atomic E-state index is 14.4. The minimum Gasteiger partial charge on any atom is -0.488 e. The van der Waals surface area contributed by atoms with Crippen molar-refractivity contribution in [2.45, 2.75) is 0 Å². The number of hydrogen-bond donors (Lipinski definition) is 0. The van der Waals surface area contributed by atoms with E-state index in [1.807, 2.05) is 0 Å². The second-order valence-corrected chi connectivity index (χ2v) is 5.06. The molecule has 6 heteroatoms. The van der Waals surface area contributed by atoms with Crippen LogP contribution in [0.2, 0.25) is 5.02 Å². The molecule has 0 amide bonds. The summed E-state index contributed by atoms with van der Waals surface area (Å²) in [7, 11) is 0. The van der Waals surface area contributed by atoms with E-state index in [4.69, 9.17) is 21.1 Å². The lowest BCUT2D eigenvalue weighted by Gasteiger charge is -2.12. The molecule has 0 spiro atoms. The molecule has 0 aliphatic carbocycles. The minimum absolute atomic E-state index is 0.0191. The SMILES string of the molecule is C=CCOc1ccc(-c2ccc(OCC=C)c(Cl)c2F)c(F)c1F. The van der Waals surface area contributed by atoms with E-state index in [0.29, 0.717) is 0 Å². The fourth-order valence-corrected chi connectivity index (χ4v) is 2.22. The van der Waals surface area contributed by atoms with Gasteiger partial charge in [-0.25, -0.2) is 8.78 Å². The van der Waals surface area contributed by atoms with Crippen LogP contribution >= 0.6 is 11.6 Å². The Morgan fingerprint density at radius 3 is 1.88 bits per heavy atom. The number of hydrogen-bond acceptors (Lipinski definition) is 2. The average Bonchev–Trinajstić information content (AvgIpc) is 2.58. The Balaban J connectivity index is 2.45. The van der Waals surface area contributed by atoms with Gasteiger partial charge in [0.2, 0.25) is 5.82 Å². The molecule has 0 saturated heterocycles. The zero-order valence-corrected chi connectivity index (χ0v) is 13.4. The van der Waals surface area contributed by atoms with Crippen LogP contribution in [-0.2, 0) is 0 Å². The van der Waals surface area contributed by atoms with Crippen LogP contribution in [0.25, 0.3) is 11.1 Å². The molecule has 2 aromatic rings. The van der Waals surface area contributed by atoms with Gasteiger partial charge in [0.05, 0.1) is 0 Å². The van der Waals surface area contributed by atoms with Crippen molar-refractivity contribution in [1.82, 2.24) is 0 Å². The summed E-state index contributed by atoms with van der Waals surface area (Å²) in [6.07, 6.45) is 2.87. The Morgan fingerprint density at radius 1 is 0.792 bits per heavy atom. The van der Waals surface area contributed by atoms with Gasteiger partial charge in [0.25, 0.3) is 0 Å². The van der Waals surface area contributed by atoms with Crippen molar-refractivity contribution in [2.75, 3.05) is 13.2 Å². The van der Waals surface area contributed by atoms with E-state index in [1.54, 1.807) is 0 Å². The van der Waals surface area contributed by atoms with Crippen molar-refractivity contribution >= 4 is 11.6 Å². The van der Waals surface area contributed by atoms with Crippen LogP contribution in [0.3, 0.4) is 0 Å². The number of ether oxygens (including phenoxy) is 2. The number of benzene rings is 2. The molecule has 0 saturated carbocycles. The van der Waals surface area contributed by atoms with E-state index in [9.17, 15) is 13.2 Å². The van der Waals surface area contributed by atoms with Crippen LogP contribution in [0.15, 0.2) is 49.6 Å². The van der Waals surface area contributed by atoms with Crippen LogP contribution in [0.4, 0.5) is 13.2 Å². The molecule has 2 aromatic carbocycles. The lowest BCUT2D eigenvalue weighted by atomic mass is 10.0. The summed E-state index contributed by atoms with van der Waals surface area (Å²) < 4.78 is 52.9. The lowest BCUT2D eigenvalue weighted by Crippen LogP contribution is -2.01. The predicted octanol–water partition coefficient (Wildman–Crippen LogP) is 5.55. The first-order chi connectivity index (χ1) is 11.5. The summed E-state index contributed by atoms with van der Waals surface area (Å²) in [5, 5.41) is -0.318. The quantitative estimate of drug-likeness (QED) is 0.606. The maximum absolute atomic E-state index is 14.4. The van der Waals surface area contributed by atoms with Crippen molar-refractivity contribution in [1.29, 1.82) is 0 Å². The molecule has 0 heterocycles. The molecule has 0 N–H and O–H groups in total. The Morgan fingerprint density at radius 2 is 1.29 bits per heavy atom. The molecule has 2 nitrogen and oxygen atoms in total. The smallest absolute Gasteiger partial charge is 0.201 e. The van der Waals surface area contributed by atoms with Gasteiger partial charge >= 0.3 is 0 Å². The molecule has 126 valence electrons. The first-order valence-electron chi connectivity index (χ1n) is 6.95. The molecular weight excluding hydrogens is 341 g/mol. The van der Waals surface area contributed by atoms with Crippen LogP contribution in [0.5, 0.6) is 11.5 Å². The summed E-state index contributed by atoms with van der Waals surface area (Å²) in [6, 6.07) is 5.08. The van der Waals surface area contributed by atoms with E-state index in [2.05, 4.69) is 13.2 Å². The topological polar surface area (TPSA) is 18.5 Å². The van der Waals surface area contributed by atoms with Gasteiger partial charge in [0.15, 0.2) is 17.4 Å². The third kappa shape index (κ3) is 3.57. The van der Waals surface area contributed by atoms with Gasteiger partial charge in [-0.15, -0.1) is 0 Å². The number of halogens is 4. The van der Waals surface area contributed by atoms with Gasteiger partial charge in [-0.1, -0.05) is 36.9 Å². The van der Waals surface area contributed by atoms with Gasteiger partial charge in [-0.2, -0.15) is 4.39 Å². The average molecular weight is 355 g/mol. The molecule has 0 atom stereocenters. The molecule has 0 bridgehead atoms. The van der Waals surface area contributed by atoms with Crippen LogP contribution < -0.4 is 9.47 Å². The van der Waals surface area contributed by atoms with Crippen molar-refractivity contribution in [3.63, 3.8) is 0 Å². The van der Waals surface area contributed by atoms with Crippen molar-refractivity contribution in [2.24, 2.45) is 0 Å². The standard InChI is InChI=1S/C18H14ClF3O2/c1-3-9-23-13-7-5-11(16(20)15(13)19)12-6-8-14(24-10-4-2)18(22)17(12)21/h3-8H,1-2,9-10H2. The van der Waals surface area contributed by atoms with E-state index in [-0.39, 0.29) is 40.9 Å². The first-order valence-corrected chi connectivity index (χ1v) is 7.32. The minimum atomic E-state index is -1.23. The largest absolute Gasteiger partial charge is 0.488 e. The predicted molar refractivity (Wildman–Crippen MR) is 88.1 cm³/mol. The van der Waals surface area contributed by atoms with Crippen molar-refractivity contribution in [3.8, 4) is 22.6 Å². The van der Waals surface area contributed by atoms with Gasteiger partial charge in [-0.3, -0.25) is 0 Å². The molecule has 0 aromatic heterocycles. The fourth-order valence-electron chi connectivity index (χ4n) is 2.00. The van der Waals surface area contributed by atoms with E-state index in [0.717, 1.165) is 0 Å². The maximum Gasteiger partial charge on any atom is 0.201 e. The van der Waals surface area contributed by atoms with Gasteiger partial charge in [0.1, 0.15) is 24.0 Å². The molecule has 0 aliphatic heterocycles. The van der Waals surface area contributed by atoms with Gasteiger partial charge in [0, 0.05) is 11.1 Å². The summed E-state index contributed by atoms with van der Waals surface area (Å²) in [5.41, 5.74) is -0.453. The van der Waals surface area contributed by atoms with E-state index >= 15 is 0 Å². The Hall–Kier alpha value is -2.40. The van der Waals surface area contributed by atoms with Crippen molar-refractivity contribution in [3.05, 3.63) is 72.0 Å². The van der Waals surface area contributed by atoms with Crippen LogP contribution in [0.1, 0.15) is 0 Å². The molecule has 0 radical (unpaired) electrons. The summed E-state index contributed by atoms with van der Waals surface area (Å²) >= 11 is 5.89. The Bertz CT molecular complexity index is 710. The third-order valence-corrected chi connectivity index (χ3v) is 3.45. The zero-order valence-electron chi connectivity index (χ0n) is 12.6. The monoisotopic (exact) mass is 354 g/mol. The first kappa shape index (κ1) is 17.9. The van der Waals surface area contributed by atoms with Gasteiger partial charge in [-0.05, 0) is 24.3 Å². The van der Waals surface area contributed by atoms with Crippen LogP contribution in [0, 0.1) is 17.5 Å². The van der Waals surface area contributed by atoms with Crippen LogP contribution in [-0.4, -0.2) is 13.2 Å². The third-order valence-electron chi connectivity index (χ3n) is 3.10. The summed E-state index contributed by atoms with van der Waals surface area (Å²) in [4.78, 5) is 0. The molecule has 0 fully saturated rings. The molecule has 0 unspecified atom stereocenters. The highest BCUT2D eigenvalue weighted by Crippen LogP contribution is 2.37. The highest BCUT2D eigenvalue weighted by Gasteiger charge is 2.20. The number of rotatable bonds is 7. The Labute approximate surface area is 142 Å². The summed E-state index contributed by atoms with van der Waals surface area (Å²) in [5.74, 6) is -3.54. The second-order valence-electron chi connectivity index (χ2n) is 4.68. The highest BCUT2D eigenvalue weighted by molar-refractivity contribution is 6.32. The fraction of sp³-hybridized carbons (Fsp3) is 0.111. The molecular formula is C18H14ClF3O2. The Kier molecular flexibility index (Phi) is 5.93. The van der Waals surface area contributed by atoms with Gasteiger partial charge < -0.3 is 9.47 Å².